The molecule has 0 spiro atoms. The number of ether oxygens (including phenoxy) is 2. The Labute approximate surface area is 143 Å². The SMILES string of the molecule is COC(=O)C1CCN(C(=O)/C=C\c2ccc(OC(F)(F)F)cc2)CC1. The van der Waals surface area contributed by atoms with Crippen LogP contribution >= 0.6 is 0 Å². The van der Waals surface area contributed by atoms with Crippen molar-refractivity contribution in [2.75, 3.05) is 20.2 Å². The highest BCUT2D eigenvalue weighted by Crippen LogP contribution is 2.23. The Balaban J connectivity index is 1.87. The molecule has 1 aliphatic heterocycles. The minimum atomic E-state index is -4.73. The number of amides is 1. The number of benzene rings is 1. The first-order valence-corrected chi connectivity index (χ1v) is 7.69. The first-order valence-electron chi connectivity index (χ1n) is 7.69. The number of likely N-dealkylation sites (tertiary alicyclic amines) is 1. The zero-order chi connectivity index (χ0) is 18.4. The molecule has 0 atom stereocenters. The first kappa shape index (κ1) is 18.8. The number of esters is 1. The lowest BCUT2D eigenvalue weighted by atomic mass is 9.97. The van der Waals surface area contributed by atoms with Crippen molar-refractivity contribution in [3.8, 4) is 5.75 Å². The van der Waals surface area contributed by atoms with Crippen LogP contribution in [-0.4, -0.2) is 43.3 Å². The Kier molecular flexibility index (Phi) is 6.06. The van der Waals surface area contributed by atoms with Crippen molar-refractivity contribution in [1.82, 2.24) is 4.90 Å². The van der Waals surface area contributed by atoms with Crippen molar-refractivity contribution < 1.29 is 32.2 Å². The van der Waals surface area contributed by atoms with Crippen LogP contribution in [0.4, 0.5) is 13.2 Å². The average molecular weight is 357 g/mol. The molecule has 0 saturated carbocycles. The summed E-state index contributed by atoms with van der Waals surface area (Å²) in [5.41, 5.74) is 0.576. The first-order chi connectivity index (χ1) is 11.8. The molecule has 1 aromatic rings. The van der Waals surface area contributed by atoms with Crippen molar-refractivity contribution >= 4 is 18.0 Å². The maximum absolute atomic E-state index is 12.1. The molecule has 1 fully saturated rings. The normalized spacial score (nSPS) is 16.1. The van der Waals surface area contributed by atoms with E-state index in [4.69, 9.17) is 4.74 Å². The fraction of sp³-hybridized carbons (Fsp3) is 0.412. The van der Waals surface area contributed by atoms with Crippen LogP contribution in [0.3, 0.4) is 0 Å². The number of methoxy groups -OCH3 is 1. The molecule has 0 aliphatic carbocycles. The van der Waals surface area contributed by atoms with Gasteiger partial charge in [-0.25, -0.2) is 0 Å². The maximum atomic E-state index is 12.1. The van der Waals surface area contributed by atoms with E-state index >= 15 is 0 Å². The van der Waals surface area contributed by atoms with Gasteiger partial charge in [0.25, 0.3) is 0 Å². The van der Waals surface area contributed by atoms with E-state index in [9.17, 15) is 22.8 Å². The van der Waals surface area contributed by atoms with Crippen molar-refractivity contribution in [2.24, 2.45) is 5.92 Å². The van der Waals surface area contributed by atoms with Gasteiger partial charge in [-0.3, -0.25) is 9.59 Å². The van der Waals surface area contributed by atoms with E-state index in [1.54, 1.807) is 4.90 Å². The molecule has 8 heteroatoms. The average Bonchev–Trinajstić information content (AvgIpc) is 2.59. The highest BCUT2D eigenvalue weighted by molar-refractivity contribution is 5.92. The summed E-state index contributed by atoms with van der Waals surface area (Å²) in [6, 6.07) is 5.21. The summed E-state index contributed by atoms with van der Waals surface area (Å²) in [4.78, 5) is 25.2. The fourth-order valence-electron chi connectivity index (χ4n) is 2.56. The Morgan fingerprint density at radius 1 is 1.16 bits per heavy atom. The second-order valence-corrected chi connectivity index (χ2v) is 5.57. The van der Waals surface area contributed by atoms with E-state index in [0.29, 0.717) is 31.5 Å². The molecule has 1 saturated heterocycles. The van der Waals surface area contributed by atoms with Crippen LogP contribution in [0.1, 0.15) is 18.4 Å². The third-order valence-corrected chi connectivity index (χ3v) is 3.87. The van der Waals surface area contributed by atoms with Gasteiger partial charge in [-0.05, 0) is 36.6 Å². The number of halogens is 3. The van der Waals surface area contributed by atoms with E-state index in [-0.39, 0.29) is 23.5 Å². The molecule has 1 heterocycles. The second-order valence-electron chi connectivity index (χ2n) is 5.57. The quantitative estimate of drug-likeness (QED) is 0.614. The molecule has 1 aromatic carbocycles. The molecule has 0 unspecified atom stereocenters. The number of rotatable bonds is 4. The second kappa shape index (κ2) is 8.04. The monoisotopic (exact) mass is 357 g/mol. The van der Waals surface area contributed by atoms with Crippen LogP contribution in [0.2, 0.25) is 0 Å². The molecule has 25 heavy (non-hydrogen) atoms. The predicted octanol–water partition coefficient (Wildman–Crippen LogP) is 3.01. The number of hydrogen-bond acceptors (Lipinski definition) is 4. The van der Waals surface area contributed by atoms with E-state index in [0.717, 1.165) is 0 Å². The zero-order valence-electron chi connectivity index (χ0n) is 13.6. The van der Waals surface area contributed by atoms with Crippen LogP contribution in [-0.2, 0) is 14.3 Å². The Morgan fingerprint density at radius 3 is 2.28 bits per heavy atom. The highest BCUT2D eigenvalue weighted by Gasteiger charge is 2.31. The van der Waals surface area contributed by atoms with Crippen LogP contribution in [0.25, 0.3) is 6.08 Å². The summed E-state index contributed by atoms with van der Waals surface area (Å²) in [6.45, 7) is 0.919. The van der Waals surface area contributed by atoms with Gasteiger partial charge in [0.1, 0.15) is 5.75 Å². The van der Waals surface area contributed by atoms with Gasteiger partial charge in [0.05, 0.1) is 13.0 Å². The number of piperidine rings is 1. The van der Waals surface area contributed by atoms with Gasteiger partial charge in [0.15, 0.2) is 0 Å². The molecule has 0 N–H and O–H groups in total. The maximum Gasteiger partial charge on any atom is 0.573 e. The van der Waals surface area contributed by atoms with E-state index in [1.165, 1.54) is 43.5 Å². The summed E-state index contributed by atoms with van der Waals surface area (Å²) in [5.74, 6) is -0.970. The van der Waals surface area contributed by atoms with Crippen LogP contribution in [0.15, 0.2) is 30.3 Å². The van der Waals surface area contributed by atoms with Gasteiger partial charge in [-0.2, -0.15) is 0 Å². The smallest absolute Gasteiger partial charge is 0.469 e. The fourth-order valence-corrected chi connectivity index (χ4v) is 2.56. The van der Waals surface area contributed by atoms with E-state index < -0.39 is 6.36 Å². The largest absolute Gasteiger partial charge is 0.573 e. The van der Waals surface area contributed by atoms with Gasteiger partial charge in [-0.15, -0.1) is 13.2 Å². The Morgan fingerprint density at radius 2 is 1.76 bits per heavy atom. The molecule has 0 radical (unpaired) electrons. The number of carbonyl (C=O) groups is 2. The summed E-state index contributed by atoms with van der Waals surface area (Å²) in [5, 5.41) is 0. The van der Waals surface area contributed by atoms with Gasteiger partial charge in [0.2, 0.25) is 5.91 Å². The molecular weight excluding hydrogens is 339 g/mol. The van der Waals surface area contributed by atoms with Gasteiger partial charge in [-0.1, -0.05) is 12.1 Å². The lowest BCUT2D eigenvalue weighted by molar-refractivity contribution is -0.274. The summed E-state index contributed by atoms with van der Waals surface area (Å²) in [7, 11) is 1.34. The van der Waals surface area contributed by atoms with Crippen molar-refractivity contribution in [1.29, 1.82) is 0 Å². The van der Waals surface area contributed by atoms with Crippen molar-refractivity contribution in [3.05, 3.63) is 35.9 Å². The van der Waals surface area contributed by atoms with Gasteiger partial charge < -0.3 is 14.4 Å². The van der Waals surface area contributed by atoms with E-state index in [2.05, 4.69) is 4.74 Å². The van der Waals surface area contributed by atoms with Crippen LogP contribution in [0.5, 0.6) is 5.75 Å². The lowest BCUT2D eigenvalue weighted by Gasteiger charge is -2.29. The molecule has 0 bridgehead atoms. The molecule has 136 valence electrons. The minimum absolute atomic E-state index is 0.181. The van der Waals surface area contributed by atoms with Crippen LogP contribution in [0, 0.1) is 5.92 Å². The van der Waals surface area contributed by atoms with Crippen molar-refractivity contribution in [3.63, 3.8) is 0 Å². The summed E-state index contributed by atoms with van der Waals surface area (Å²) >= 11 is 0. The molecule has 2 rings (SSSR count). The van der Waals surface area contributed by atoms with Crippen LogP contribution < -0.4 is 4.74 Å². The van der Waals surface area contributed by atoms with Gasteiger partial charge >= 0.3 is 12.3 Å². The number of hydrogen-bond donors (Lipinski definition) is 0. The summed E-state index contributed by atoms with van der Waals surface area (Å²) < 4.78 is 44.7. The standard InChI is InChI=1S/C17H18F3NO4/c1-24-16(23)13-8-10-21(11-9-13)15(22)7-4-12-2-5-14(6-3-12)25-17(18,19)20/h2-7,13H,8-11H2,1H3/b7-4-. The van der Waals surface area contributed by atoms with E-state index in [1.807, 2.05) is 0 Å². The highest BCUT2D eigenvalue weighted by atomic mass is 19.4. The predicted molar refractivity (Wildman–Crippen MR) is 83.5 cm³/mol. The number of alkyl halides is 3. The summed E-state index contributed by atoms with van der Waals surface area (Å²) in [6.07, 6.45) is -0.751. The molecular formula is C17H18F3NO4. The van der Waals surface area contributed by atoms with Gasteiger partial charge in [0, 0.05) is 19.2 Å². The molecule has 1 aliphatic rings. The number of nitrogens with zero attached hydrogens (tertiary/aromatic N) is 1. The minimum Gasteiger partial charge on any atom is -0.469 e. The third kappa shape index (κ3) is 5.81. The lowest BCUT2D eigenvalue weighted by Crippen LogP contribution is -2.39. The zero-order valence-corrected chi connectivity index (χ0v) is 13.6. The topological polar surface area (TPSA) is 55.8 Å². The molecule has 0 aromatic heterocycles. The third-order valence-electron chi connectivity index (χ3n) is 3.87. The Hall–Kier alpha value is -2.51. The molecule has 5 nitrogen and oxygen atoms in total. The van der Waals surface area contributed by atoms with Crippen molar-refractivity contribution in [2.45, 2.75) is 19.2 Å². The number of carbonyl (C=O) groups excluding carboxylic acids is 2. The Bertz CT molecular complexity index is 632. The molecule has 1 amide bonds.